The van der Waals surface area contributed by atoms with E-state index in [0.717, 1.165) is 18.9 Å². The average molecular weight is 210 g/mol. The molecule has 3 nitrogen and oxygen atoms in total. The Morgan fingerprint density at radius 1 is 1.40 bits per heavy atom. The predicted octanol–water partition coefficient (Wildman–Crippen LogP) is 1.43. The fourth-order valence-corrected chi connectivity index (χ4v) is 2.76. The van der Waals surface area contributed by atoms with Gasteiger partial charge in [0.15, 0.2) is 0 Å². The highest BCUT2D eigenvalue weighted by molar-refractivity contribution is 5.78. The van der Waals surface area contributed by atoms with E-state index in [0.29, 0.717) is 18.5 Å². The zero-order valence-electron chi connectivity index (χ0n) is 9.59. The highest BCUT2D eigenvalue weighted by Crippen LogP contribution is 2.23. The Bertz CT molecular complexity index is 230. The Hall–Kier alpha value is -0.570. The van der Waals surface area contributed by atoms with Gasteiger partial charge in [-0.3, -0.25) is 4.79 Å². The van der Waals surface area contributed by atoms with Gasteiger partial charge in [-0.25, -0.2) is 0 Å². The standard InChI is InChI=1S/C12H22N2O/c1-9-3-2-4-10(7-9)13-8-11-5-6-12(15)14-11/h9-11,13H,2-8H2,1H3,(H,14,15). The third kappa shape index (κ3) is 3.20. The molecule has 15 heavy (non-hydrogen) atoms. The molecule has 2 fully saturated rings. The van der Waals surface area contributed by atoms with E-state index in [1.165, 1.54) is 25.7 Å². The van der Waals surface area contributed by atoms with Gasteiger partial charge in [-0.05, 0) is 25.2 Å². The van der Waals surface area contributed by atoms with Crippen molar-refractivity contribution in [3.63, 3.8) is 0 Å². The van der Waals surface area contributed by atoms with Gasteiger partial charge in [-0.15, -0.1) is 0 Å². The van der Waals surface area contributed by atoms with E-state index >= 15 is 0 Å². The minimum atomic E-state index is 0.221. The molecule has 3 heteroatoms. The molecule has 1 aliphatic heterocycles. The van der Waals surface area contributed by atoms with Crippen molar-refractivity contribution in [3.05, 3.63) is 0 Å². The third-order valence-electron chi connectivity index (χ3n) is 3.67. The minimum Gasteiger partial charge on any atom is -0.352 e. The van der Waals surface area contributed by atoms with E-state index in [2.05, 4.69) is 17.6 Å². The Balaban J connectivity index is 1.66. The lowest BCUT2D eigenvalue weighted by molar-refractivity contribution is -0.119. The Morgan fingerprint density at radius 2 is 2.27 bits per heavy atom. The molecular weight excluding hydrogens is 188 g/mol. The molecule has 0 radical (unpaired) electrons. The van der Waals surface area contributed by atoms with Gasteiger partial charge in [0.2, 0.25) is 5.91 Å². The fraction of sp³-hybridized carbons (Fsp3) is 0.917. The molecule has 3 atom stereocenters. The normalized spacial score (nSPS) is 36.6. The molecule has 1 amide bonds. The molecular formula is C12H22N2O. The van der Waals surface area contributed by atoms with Crippen LogP contribution in [-0.4, -0.2) is 24.5 Å². The first kappa shape index (κ1) is 10.9. The summed E-state index contributed by atoms with van der Waals surface area (Å²) in [5, 5.41) is 6.60. The van der Waals surface area contributed by atoms with Crippen molar-refractivity contribution in [3.8, 4) is 0 Å². The zero-order chi connectivity index (χ0) is 10.7. The Labute approximate surface area is 92.0 Å². The van der Waals surface area contributed by atoms with Crippen LogP contribution in [-0.2, 0) is 4.79 Å². The van der Waals surface area contributed by atoms with Crippen LogP contribution >= 0.6 is 0 Å². The number of amides is 1. The van der Waals surface area contributed by atoms with Crippen molar-refractivity contribution in [1.29, 1.82) is 0 Å². The van der Waals surface area contributed by atoms with Crippen LogP contribution in [0.1, 0.15) is 45.4 Å². The van der Waals surface area contributed by atoms with Crippen LogP contribution in [0.3, 0.4) is 0 Å². The number of nitrogens with one attached hydrogen (secondary N) is 2. The van der Waals surface area contributed by atoms with Gasteiger partial charge >= 0.3 is 0 Å². The monoisotopic (exact) mass is 210 g/mol. The lowest BCUT2D eigenvalue weighted by atomic mass is 9.87. The number of carbonyl (C=O) groups is 1. The maximum atomic E-state index is 11.0. The average Bonchev–Trinajstić information content (AvgIpc) is 2.62. The molecule has 1 aliphatic carbocycles. The minimum absolute atomic E-state index is 0.221. The first-order chi connectivity index (χ1) is 7.24. The molecule has 0 spiro atoms. The molecule has 1 saturated carbocycles. The van der Waals surface area contributed by atoms with Crippen molar-refractivity contribution in [2.24, 2.45) is 5.92 Å². The molecule has 86 valence electrons. The van der Waals surface area contributed by atoms with Crippen LogP contribution in [0.5, 0.6) is 0 Å². The van der Waals surface area contributed by atoms with Crippen molar-refractivity contribution in [2.75, 3.05) is 6.54 Å². The number of hydrogen-bond donors (Lipinski definition) is 2. The van der Waals surface area contributed by atoms with Gasteiger partial charge < -0.3 is 10.6 Å². The number of rotatable bonds is 3. The van der Waals surface area contributed by atoms with E-state index in [1.807, 2.05) is 0 Å². The van der Waals surface area contributed by atoms with Gasteiger partial charge in [0, 0.05) is 25.0 Å². The summed E-state index contributed by atoms with van der Waals surface area (Å²) < 4.78 is 0. The predicted molar refractivity (Wildman–Crippen MR) is 60.6 cm³/mol. The van der Waals surface area contributed by atoms with Gasteiger partial charge in [0.1, 0.15) is 0 Å². The van der Waals surface area contributed by atoms with Crippen molar-refractivity contribution >= 4 is 5.91 Å². The summed E-state index contributed by atoms with van der Waals surface area (Å²) in [6.07, 6.45) is 7.08. The van der Waals surface area contributed by atoms with Gasteiger partial charge in [0.25, 0.3) is 0 Å². The molecule has 1 saturated heterocycles. The zero-order valence-corrected chi connectivity index (χ0v) is 9.59. The van der Waals surface area contributed by atoms with Crippen LogP contribution < -0.4 is 10.6 Å². The van der Waals surface area contributed by atoms with Crippen molar-refractivity contribution < 1.29 is 4.79 Å². The lowest BCUT2D eigenvalue weighted by Gasteiger charge is -2.28. The molecule has 2 aliphatic rings. The number of hydrogen-bond acceptors (Lipinski definition) is 2. The number of carbonyl (C=O) groups excluding carboxylic acids is 1. The summed E-state index contributed by atoms with van der Waals surface area (Å²) in [4.78, 5) is 11.0. The van der Waals surface area contributed by atoms with Crippen LogP contribution in [0.25, 0.3) is 0 Å². The van der Waals surface area contributed by atoms with E-state index in [1.54, 1.807) is 0 Å². The summed E-state index contributed by atoms with van der Waals surface area (Å²) in [5.74, 6) is 1.09. The molecule has 0 bridgehead atoms. The Morgan fingerprint density at radius 3 is 2.93 bits per heavy atom. The van der Waals surface area contributed by atoms with Crippen LogP contribution in [0, 0.1) is 5.92 Å². The second-order valence-electron chi connectivity index (χ2n) is 5.18. The van der Waals surface area contributed by atoms with Gasteiger partial charge in [-0.1, -0.05) is 19.8 Å². The maximum absolute atomic E-state index is 11.0. The Kier molecular flexibility index (Phi) is 3.62. The fourth-order valence-electron chi connectivity index (χ4n) is 2.76. The smallest absolute Gasteiger partial charge is 0.220 e. The largest absolute Gasteiger partial charge is 0.352 e. The SMILES string of the molecule is CC1CCCC(NCC2CCC(=O)N2)C1. The van der Waals surface area contributed by atoms with Gasteiger partial charge in [-0.2, -0.15) is 0 Å². The van der Waals surface area contributed by atoms with E-state index < -0.39 is 0 Å². The van der Waals surface area contributed by atoms with Crippen LogP contribution in [0.2, 0.25) is 0 Å². The summed E-state index contributed by atoms with van der Waals surface area (Å²) in [5.41, 5.74) is 0. The van der Waals surface area contributed by atoms with Crippen molar-refractivity contribution in [2.45, 2.75) is 57.5 Å². The van der Waals surface area contributed by atoms with Crippen LogP contribution in [0.15, 0.2) is 0 Å². The molecule has 2 rings (SSSR count). The molecule has 0 aromatic heterocycles. The molecule has 1 heterocycles. The first-order valence-corrected chi connectivity index (χ1v) is 6.27. The first-order valence-electron chi connectivity index (χ1n) is 6.27. The second-order valence-corrected chi connectivity index (χ2v) is 5.18. The van der Waals surface area contributed by atoms with Crippen molar-refractivity contribution in [1.82, 2.24) is 10.6 Å². The van der Waals surface area contributed by atoms with Gasteiger partial charge in [0.05, 0.1) is 0 Å². The second kappa shape index (κ2) is 4.97. The summed E-state index contributed by atoms with van der Waals surface area (Å²) in [6.45, 7) is 3.30. The van der Waals surface area contributed by atoms with E-state index in [9.17, 15) is 4.79 Å². The maximum Gasteiger partial charge on any atom is 0.220 e. The molecule has 0 aromatic rings. The highest BCUT2D eigenvalue weighted by Gasteiger charge is 2.23. The van der Waals surface area contributed by atoms with E-state index in [4.69, 9.17) is 0 Å². The third-order valence-corrected chi connectivity index (χ3v) is 3.67. The highest BCUT2D eigenvalue weighted by atomic mass is 16.1. The lowest BCUT2D eigenvalue weighted by Crippen LogP contribution is -2.42. The summed E-state index contributed by atoms with van der Waals surface area (Å²) in [6, 6.07) is 1.07. The summed E-state index contributed by atoms with van der Waals surface area (Å²) in [7, 11) is 0. The van der Waals surface area contributed by atoms with Crippen LogP contribution in [0.4, 0.5) is 0 Å². The molecule has 3 unspecified atom stereocenters. The molecule has 2 N–H and O–H groups in total. The van der Waals surface area contributed by atoms with E-state index in [-0.39, 0.29) is 5.91 Å². The quantitative estimate of drug-likeness (QED) is 0.740. The topological polar surface area (TPSA) is 41.1 Å². The summed E-state index contributed by atoms with van der Waals surface area (Å²) >= 11 is 0. The molecule has 0 aromatic carbocycles.